The third-order valence-electron chi connectivity index (χ3n) is 7.25. The Morgan fingerprint density at radius 2 is 1.04 bits per heavy atom. The molecule has 0 aliphatic heterocycles. The number of hydrogen-bond acceptors (Lipinski definition) is 10. The van der Waals surface area contributed by atoms with Crippen LogP contribution in [0.25, 0.3) is 32.3 Å². The molecule has 0 fully saturated rings. The summed E-state index contributed by atoms with van der Waals surface area (Å²) in [6.07, 6.45) is 0.356. The predicted octanol–water partition coefficient (Wildman–Crippen LogP) is -1.08. The van der Waals surface area contributed by atoms with Gasteiger partial charge in [0.2, 0.25) is 31.9 Å². The summed E-state index contributed by atoms with van der Waals surface area (Å²) in [5.74, 6) is -1.38. The van der Waals surface area contributed by atoms with Gasteiger partial charge in [0.1, 0.15) is 15.9 Å². The van der Waals surface area contributed by atoms with Crippen LogP contribution < -0.4 is 49.6 Å². The van der Waals surface area contributed by atoms with Crippen LogP contribution in [0.4, 0.5) is 0 Å². The molecule has 2 amide bonds. The number of phenolic OH excluding ortho intramolecular Hbond substituents is 1. The molecule has 0 spiro atoms. The van der Waals surface area contributed by atoms with E-state index in [0.29, 0.717) is 0 Å². The van der Waals surface area contributed by atoms with Crippen molar-refractivity contribution in [1.29, 1.82) is 0 Å². The van der Waals surface area contributed by atoms with Crippen molar-refractivity contribution in [3.8, 4) is 5.75 Å². The molecule has 0 aromatic heterocycles. The van der Waals surface area contributed by atoms with Crippen molar-refractivity contribution < 1.29 is 74.1 Å². The Labute approximate surface area is 300 Å². The molecule has 4 aromatic carbocycles. The van der Waals surface area contributed by atoms with Crippen LogP contribution in [0.15, 0.2) is 75.4 Å². The first-order valence-corrected chi connectivity index (χ1v) is 18.5. The average molecular weight is 729 g/mol. The molecule has 5 N–H and O–H groups in total. The molecule has 0 saturated carbocycles. The summed E-state index contributed by atoms with van der Waals surface area (Å²) in [4.78, 5) is 21.8. The Balaban J connectivity index is 0.00000625. The number of nitrogens with one attached hydrogen (secondary N) is 4. The van der Waals surface area contributed by atoms with E-state index in [1.807, 2.05) is 0 Å². The second-order valence-corrected chi connectivity index (χ2v) is 15.7. The largest absolute Gasteiger partial charge is 1.00 e. The van der Waals surface area contributed by atoms with Crippen molar-refractivity contribution in [1.82, 2.24) is 20.1 Å². The summed E-state index contributed by atoms with van der Waals surface area (Å²) >= 11 is 0. The summed E-state index contributed by atoms with van der Waals surface area (Å²) in [7, 11) is -14.0. The molecular formula is C30H33N4NaO10S3. The van der Waals surface area contributed by atoms with Crippen LogP contribution in [-0.4, -0.2) is 72.9 Å². The minimum atomic E-state index is -5.13. The van der Waals surface area contributed by atoms with Gasteiger partial charge in [-0.1, -0.05) is 31.4 Å². The standard InChI is InChI=1S/C30H34N4O10S3.Na/c1-17(2)29(36)31-11-5-13-33-45(38,39)24-16-25(46(40,41)34-14-6-12-32-30(37)18(3)4)21-9-10-22-26(47(42,43)44)15-23(35)19-7-8-20(24)28(21)27(19)22;/h7-10,15-16,33-35H,1,3,5-6,11-14H2,2,4H3,(H,31,36)(H,32,37)(H,42,43,44);/q;+1/p-1. The normalized spacial score (nSPS) is 12.2. The van der Waals surface area contributed by atoms with Crippen molar-refractivity contribution in [3.63, 3.8) is 0 Å². The molecule has 0 bridgehead atoms. The molecule has 0 aliphatic carbocycles. The van der Waals surface area contributed by atoms with E-state index in [9.17, 15) is 44.5 Å². The molecule has 0 unspecified atom stereocenters. The van der Waals surface area contributed by atoms with Crippen molar-refractivity contribution >= 4 is 74.3 Å². The fourth-order valence-corrected chi connectivity index (χ4v) is 8.35. The molecule has 0 heterocycles. The summed E-state index contributed by atoms with van der Waals surface area (Å²) < 4.78 is 96.0. The van der Waals surface area contributed by atoms with Gasteiger partial charge in [0.15, 0.2) is 0 Å². The predicted molar refractivity (Wildman–Crippen MR) is 175 cm³/mol. The molecule has 14 nitrogen and oxygen atoms in total. The van der Waals surface area contributed by atoms with Crippen molar-refractivity contribution in [2.45, 2.75) is 41.4 Å². The third kappa shape index (κ3) is 8.35. The molecule has 0 aliphatic rings. The molecule has 252 valence electrons. The first-order valence-electron chi connectivity index (χ1n) is 14.2. The Bertz CT molecular complexity index is 2190. The number of rotatable bonds is 15. The zero-order valence-electron chi connectivity index (χ0n) is 26.5. The zero-order chi connectivity index (χ0) is 34.9. The molecule has 18 heteroatoms. The number of aromatic hydroxyl groups is 1. The number of carbonyl (C=O) groups is 2. The van der Waals surface area contributed by atoms with Crippen LogP contribution >= 0.6 is 0 Å². The van der Waals surface area contributed by atoms with Crippen LogP contribution in [0.2, 0.25) is 0 Å². The first kappa shape index (κ1) is 39.3. The van der Waals surface area contributed by atoms with Crippen molar-refractivity contribution in [2.24, 2.45) is 0 Å². The van der Waals surface area contributed by atoms with Gasteiger partial charge in [-0.05, 0) is 44.9 Å². The van der Waals surface area contributed by atoms with E-state index in [1.54, 1.807) is 0 Å². The van der Waals surface area contributed by atoms with Crippen molar-refractivity contribution in [2.75, 3.05) is 26.2 Å². The van der Waals surface area contributed by atoms with Gasteiger partial charge in [-0.2, -0.15) is 0 Å². The molecule has 0 radical (unpaired) electrons. The second kappa shape index (κ2) is 15.2. The Kier molecular flexibility index (Phi) is 12.4. The van der Waals surface area contributed by atoms with Crippen LogP contribution in [0, 0.1) is 0 Å². The van der Waals surface area contributed by atoms with E-state index in [-0.39, 0.29) is 112 Å². The van der Waals surface area contributed by atoms with Crippen LogP contribution in [0.3, 0.4) is 0 Å². The number of benzene rings is 4. The van der Waals surface area contributed by atoms with Gasteiger partial charge in [-0.25, -0.2) is 34.7 Å². The number of sulfonamides is 2. The Morgan fingerprint density at radius 3 is 1.44 bits per heavy atom. The second-order valence-electron chi connectivity index (χ2n) is 10.9. The smallest absolute Gasteiger partial charge is 0.744 e. The van der Waals surface area contributed by atoms with Crippen LogP contribution in [-0.2, 0) is 39.8 Å². The van der Waals surface area contributed by atoms with Gasteiger partial charge in [-0.15, -0.1) is 0 Å². The minimum Gasteiger partial charge on any atom is -0.744 e. The van der Waals surface area contributed by atoms with Crippen molar-refractivity contribution in [3.05, 3.63) is 60.7 Å². The van der Waals surface area contributed by atoms with E-state index >= 15 is 0 Å². The maximum absolute atomic E-state index is 13.7. The van der Waals surface area contributed by atoms with E-state index in [0.717, 1.165) is 12.1 Å². The third-order valence-corrected chi connectivity index (χ3v) is 11.1. The number of amides is 2. The fraction of sp³-hybridized carbons (Fsp3) is 0.267. The average Bonchev–Trinajstić information content (AvgIpc) is 2.98. The van der Waals surface area contributed by atoms with E-state index in [2.05, 4.69) is 33.2 Å². The number of hydrogen-bond donors (Lipinski definition) is 5. The van der Waals surface area contributed by atoms with Gasteiger partial charge in [0, 0.05) is 69.6 Å². The minimum absolute atomic E-state index is 0. The summed E-state index contributed by atoms with van der Waals surface area (Å²) in [6, 6.07) is 6.96. The fourth-order valence-electron chi connectivity index (χ4n) is 4.98. The van der Waals surface area contributed by atoms with Gasteiger partial charge in [0.25, 0.3) is 0 Å². The topological polar surface area (TPSA) is 228 Å². The van der Waals surface area contributed by atoms with E-state index < -0.39 is 62.4 Å². The molecule has 0 atom stereocenters. The SMILES string of the molecule is C=C(C)C(=O)NCCCNS(=O)(=O)c1cc(S(=O)(=O)NCCCNC(=O)C(=C)C)c2ccc3c(S(=O)(=O)[O-])cc(O)c4ccc1c2c43.[Na+]. The quantitative estimate of drug-likeness (QED) is 0.0327. The summed E-state index contributed by atoms with van der Waals surface area (Å²) in [6.45, 7) is 10.0. The van der Waals surface area contributed by atoms with E-state index in [4.69, 9.17) is 0 Å². The summed E-state index contributed by atoms with van der Waals surface area (Å²) in [5, 5.41) is 15.8. The van der Waals surface area contributed by atoms with Gasteiger partial charge in [0.05, 0.1) is 14.7 Å². The molecule has 4 rings (SSSR count). The monoisotopic (exact) mass is 728 g/mol. The van der Waals surface area contributed by atoms with Gasteiger partial charge in [-0.3, -0.25) is 9.59 Å². The molecule has 48 heavy (non-hydrogen) atoms. The van der Waals surface area contributed by atoms with Crippen LogP contribution in [0.5, 0.6) is 5.75 Å². The first-order chi connectivity index (χ1) is 21.9. The van der Waals surface area contributed by atoms with Crippen LogP contribution in [0.1, 0.15) is 26.7 Å². The van der Waals surface area contributed by atoms with E-state index in [1.165, 1.54) is 38.1 Å². The van der Waals surface area contributed by atoms with Gasteiger partial charge >= 0.3 is 29.6 Å². The molecule has 0 saturated heterocycles. The Morgan fingerprint density at radius 1 is 0.667 bits per heavy atom. The van der Waals surface area contributed by atoms with Gasteiger partial charge < -0.3 is 20.3 Å². The number of phenols is 1. The maximum Gasteiger partial charge on any atom is 1.00 e. The maximum atomic E-state index is 13.7. The zero-order valence-corrected chi connectivity index (χ0v) is 30.9. The molecule has 4 aromatic rings. The number of carbonyl (C=O) groups excluding carboxylic acids is 2. The molecular weight excluding hydrogens is 696 g/mol. The Hall–Kier alpha value is -3.13. The summed E-state index contributed by atoms with van der Waals surface area (Å²) in [5.41, 5.74) is 0.550.